The van der Waals surface area contributed by atoms with E-state index < -0.39 is 0 Å². The summed E-state index contributed by atoms with van der Waals surface area (Å²) in [5, 5.41) is 4.09. The van der Waals surface area contributed by atoms with Gasteiger partial charge in [-0.2, -0.15) is 4.98 Å². The number of aryl methyl sites for hydroxylation is 1. The van der Waals surface area contributed by atoms with Crippen LogP contribution in [0.4, 0.5) is 5.82 Å². The molecule has 3 aromatic heterocycles. The number of aromatic nitrogens is 3. The number of fused-ring (bicyclic) bond motifs is 3. The van der Waals surface area contributed by atoms with E-state index in [9.17, 15) is 0 Å². The summed E-state index contributed by atoms with van der Waals surface area (Å²) >= 11 is 3.30. The van der Waals surface area contributed by atoms with Crippen LogP contribution in [0.2, 0.25) is 0 Å². The van der Waals surface area contributed by atoms with Gasteiger partial charge in [0, 0.05) is 17.6 Å². The molecule has 4 rings (SSSR count). The first-order chi connectivity index (χ1) is 10.2. The van der Waals surface area contributed by atoms with Crippen molar-refractivity contribution in [1.29, 1.82) is 0 Å². The van der Waals surface area contributed by atoms with Crippen molar-refractivity contribution in [2.75, 3.05) is 5.73 Å². The number of hydrogen-bond donors (Lipinski definition) is 1. The van der Waals surface area contributed by atoms with Crippen LogP contribution in [-0.4, -0.2) is 15.0 Å². The molecule has 21 heavy (non-hydrogen) atoms. The molecule has 2 N–H and O–H groups in total. The van der Waals surface area contributed by atoms with E-state index in [1.54, 1.807) is 34.9 Å². The fraction of sp³-hybridized carbons (Fsp3) is 0.0714. The zero-order chi connectivity index (χ0) is 14.4. The Morgan fingerprint density at radius 3 is 3.00 bits per heavy atom. The second-order valence-corrected chi connectivity index (χ2v) is 6.63. The number of hydrogen-bond acceptors (Lipinski definition) is 7. The van der Waals surface area contributed by atoms with Crippen LogP contribution in [0.1, 0.15) is 5.01 Å². The first kappa shape index (κ1) is 12.5. The Morgan fingerprint density at radius 2 is 2.14 bits per heavy atom. The van der Waals surface area contributed by atoms with Gasteiger partial charge in [-0.25, -0.2) is 9.97 Å². The highest BCUT2D eigenvalue weighted by atomic mass is 32.1. The molecule has 0 saturated carbocycles. The molecule has 0 aliphatic carbocycles. The van der Waals surface area contributed by atoms with Gasteiger partial charge in [-0.15, -0.1) is 22.7 Å². The number of nitrogens with zero attached hydrogens (tertiary/aromatic N) is 3. The highest BCUT2D eigenvalue weighted by Crippen LogP contribution is 2.39. The molecule has 0 aliphatic heterocycles. The fourth-order valence-corrected chi connectivity index (χ4v) is 4.01. The van der Waals surface area contributed by atoms with E-state index in [-0.39, 0.29) is 6.01 Å². The SMILES string of the molecule is Cc1nc2c(cc(Oc3nccc(N)n3)c3ccsc32)s1. The molecule has 4 aromatic rings. The van der Waals surface area contributed by atoms with Gasteiger partial charge in [0.25, 0.3) is 0 Å². The summed E-state index contributed by atoms with van der Waals surface area (Å²) in [6.45, 7) is 2.01. The predicted molar refractivity (Wildman–Crippen MR) is 86.3 cm³/mol. The number of thiazole rings is 1. The molecule has 0 unspecified atom stereocenters. The van der Waals surface area contributed by atoms with Crippen LogP contribution in [0, 0.1) is 6.92 Å². The minimum Gasteiger partial charge on any atom is -0.423 e. The molecular weight excluding hydrogens is 304 g/mol. The zero-order valence-electron chi connectivity index (χ0n) is 11.0. The Morgan fingerprint density at radius 1 is 1.24 bits per heavy atom. The molecule has 7 heteroatoms. The van der Waals surface area contributed by atoms with Gasteiger partial charge in [-0.1, -0.05) is 0 Å². The molecule has 0 atom stereocenters. The summed E-state index contributed by atoms with van der Waals surface area (Å²) < 4.78 is 8.05. The number of nitrogens with two attached hydrogens (primary N) is 1. The van der Waals surface area contributed by atoms with E-state index in [1.807, 2.05) is 24.4 Å². The summed E-state index contributed by atoms with van der Waals surface area (Å²) in [5.74, 6) is 1.12. The van der Waals surface area contributed by atoms with Crippen LogP contribution in [0.3, 0.4) is 0 Å². The minimum absolute atomic E-state index is 0.253. The lowest BCUT2D eigenvalue weighted by Gasteiger charge is -2.05. The van der Waals surface area contributed by atoms with Crippen molar-refractivity contribution >= 4 is 48.8 Å². The second kappa shape index (κ2) is 4.64. The monoisotopic (exact) mass is 314 g/mol. The van der Waals surface area contributed by atoms with Crippen molar-refractivity contribution in [2.45, 2.75) is 6.92 Å². The van der Waals surface area contributed by atoms with E-state index in [0.717, 1.165) is 31.1 Å². The molecule has 1 aromatic carbocycles. The van der Waals surface area contributed by atoms with Gasteiger partial charge in [-0.05, 0) is 24.4 Å². The smallest absolute Gasteiger partial charge is 0.323 e. The third-order valence-corrected chi connectivity index (χ3v) is 4.86. The second-order valence-electron chi connectivity index (χ2n) is 4.48. The summed E-state index contributed by atoms with van der Waals surface area (Å²) in [6, 6.07) is 5.89. The van der Waals surface area contributed by atoms with E-state index >= 15 is 0 Å². The Hall–Kier alpha value is -2.25. The van der Waals surface area contributed by atoms with E-state index in [4.69, 9.17) is 10.5 Å². The van der Waals surface area contributed by atoms with Gasteiger partial charge >= 0.3 is 6.01 Å². The zero-order valence-corrected chi connectivity index (χ0v) is 12.7. The Balaban J connectivity index is 1.92. The molecular formula is C14H10N4OS2. The lowest BCUT2D eigenvalue weighted by molar-refractivity contribution is 0.448. The molecule has 0 aliphatic rings. The van der Waals surface area contributed by atoms with Gasteiger partial charge in [0.15, 0.2) is 0 Å². The number of rotatable bonds is 2. The molecule has 0 saturated heterocycles. The van der Waals surface area contributed by atoms with Crippen molar-refractivity contribution in [3.8, 4) is 11.8 Å². The largest absolute Gasteiger partial charge is 0.423 e. The van der Waals surface area contributed by atoms with Crippen molar-refractivity contribution in [3.05, 3.63) is 34.8 Å². The van der Waals surface area contributed by atoms with Crippen LogP contribution in [0.5, 0.6) is 11.8 Å². The molecule has 0 amide bonds. The molecule has 0 bridgehead atoms. The fourth-order valence-electron chi connectivity index (χ4n) is 2.17. The summed E-state index contributed by atoms with van der Waals surface area (Å²) in [5.41, 5.74) is 6.69. The maximum Gasteiger partial charge on any atom is 0.323 e. The Labute approximate surface area is 128 Å². The molecule has 5 nitrogen and oxygen atoms in total. The number of nitrogen functional groups attached to an aromatic ring is 1. The predicted octanol–water partition coefficient (Wildman–Crippen LogP) is 3.98. The number of benzene rings is 1. The number of thiophene rings is 1. The maximum absolute atomic E-state index is 5.83. The lowest BCUT2D eigenvalue weighted by Crippen LogP contribution is -1.95. The van der Waals surface area contributed by atoms with Crippen molar-refractivity contribution < 1.29 is 4.74 Å². The highest BCUT2D eigenvalue weighted by molar-refractivity contribution is 7.21. The normalized spacial score (nSPS) is 11.3. The topological polar surface area (TPSA) is 73.9 Å². The third-order valence-electron chi connectivity index (χ3n) is 3.02. The van der Waals surface area contributed by atoms with Crippen LogP contribution in [0.25, 0.3) is 20.3 Å². The van der Waals surface area contributed by atoms with Crippen LogP contribution in [-0.2, 0) is 0 Å². The van der Waals surface area contributed by atoms with Gasteiger partial charge in [0.1, 0.15) is 11.6 Å². The van der Waals surface area contributed by atoms with Gasteiger partial charge in [0.2, 0.25) is 0 Å². The van der Waals surface area contributed by atoms with E-state index in [2.05, 4.69) is 15.0 Å². The average Bonchev–Trinajstić information content (AvgIpc) is 3.04. The number of anilines is 1. The van der Waals surface area contributed by atoms with Crippen LogP contribution < -0.4 is 10.5 Å². The summed E-state index contributed by atoms with van der Waals surface area (Å²) in [6.07, 6.45) is 1.58. The molecule has 104 valence electrons. The van der Waals surface area contributed by atoms with Crippen molar-refractivity contribution in [3.63, 3.8) is 0 Å². The first-order valence-corrected chi connectivity index (χ1v) is 7.94. The van der Waals surface area contributed by atoms with Crippen LogP contribution in [0.15, 0.2) is 29.8 Å². The third kappa shape index (κ3) is 2.10. The van der Waals surface area contributed by atoms with E-state index in [1.165, 1.54) is 0 Å². The molecule has 0 fully saturated rings. The molecule has 0 radical (unpaired) electrons. The van der Waals surface area contributed by atoms with Crippen molar-refractivity contribution in [2.24, 2.45) is 0 Å². The van der Waals surface area contributed by atoms with Crippen LogP contribution >= 0.6 is 22.7 Å². The first-order valence-electron chi connectivity index (χ1n) is 6.24. The highest BCUT2D eigenvalue weighted by Gasteiger charge is 2.13. The average molecular weight is 314 g/mol. The van der Waals surface area contributed by atoms with E-state index in [0.29, 0.717) is 5.82 Å². The Kier molecular flexibility index (Phi) is 2.76. The molecule has 3 heterocycles. The lowest BCUT2D eigenvalue weighted by atomic mass is 10.2. The van der Waals surface area contributed by atoms with Gasteiger partial charge in [-0.3, -0.25) is 0 Å². The quantitative estimate of drug-likeness (QED) is 0.605. The standard InChI is InChI=1S/C14H10N4OS2/c1-7-17-12-10(21-7)6-9(8-3-5-20-13(8)12)19-14-16-4-2-11(15)18-14/h2-6H,1H3,(H2,15,16,18). The minimum atomic E-state index is 0.253. The number of ether oxygens (including phenoxy) is 1. The molecule has 0 spiro atoms. The van der Waals surface area contributed by atoms with Gasteiger partial charge < -0.3 is 10.5 Å². The summed E-state index contributed by atoms with van der Waals surface area (Å²) in [7, 11) is 0. The Bertz CT molecular complexity index is 960. The van der Waals surface area contributed by atoms with Crippen molar-refractivity contribution in [1.82, 2.24) is 15.0 Å². The summed E-state index contributed by atoms with van der Waals surface area (Å²) in [4.78, 5) is 12.8. The van der Waals surface area contributed by atoms with Gasteiger partial charge in [0.05, 0.1) is 19.9 Å². The maximum atomic E-state index is 5.83.